The Balaban J connectivity index is 1.96. The molecule has 28 heavy (non-hydrogen) atoms. The number of nitrogens with one attached hydrogen (secondary N) is 1. The van der Waals surface area contributed by atoms with Crippen LogP contribution in [-0.2, 0) is 11.2 Å². The molecule has 0 fully saturated rings. The normalized spacial score (nSPS) is 10.4. The highest BCUT2D eigenvalue weighted by Crippen LogP contribution is 2.29. The number of anilines is 1. The molecule has 0 saturated heterocycles. The Kier molecular flexibility index (Phi) is 8.15. The first kappa shape index (κ1) is 21.6. The van der Waals surface area contributed by atoms with Gasteiger partial charge in [0.25, 0.3) is 0 Å². The van der Waals surface area contributed by atoms with Crippen molar-refractivity contribution >= 4 is 23.4 Å². The molecule has 0 radical (unpaired) electrons. The maximum atomic E-state index is 12.3. The van der Waals surface area contributed by atoms with E-state index in [9.17, 15) is 10.1 Å². The standard InChI is InChI=1S/C21H25N3O3S/c1-14(2)11-16-6-5-15(13-22)21(23-16)28-10-9-20(25)24-18-8-7-17(26-3)12-19(18)27-4/h5-8,12,14H,9-11H2,1-4H3,(H,24,25). The largest absolute Gasteiger partial charge is 0.497 e. The Morgan fingerprint density at radius 3 is 2.68 bits per heavy atom. The van der Waals surface area contributed by atoms with Crippen LogP contribution in [-0.4, -0.2) is 30.9 Å². The average molecular weight is 400 g/mol. The second-order valence-electron chi connectivity index (χ2n) is 6.58. The first-order chi connectivity index (χ1) is 13.5. The molecule has 0 aliphatic carbocycles. The van der Waals surface area contributed by atoms with Crippen molar-refractivity contribution in [2.75, 3.05) is 25.3 Å². The van der Waals surface area contributed by atoms with E-state index in [2.05, 4.69) is 30.2 Å². The van der Waals surface area contributed by atoms with Gasteiger partial charge >= 0.3 is 0 Å². The van der Waals surface area contributed by atoms with Crippen molar-refractivity contribution in [3.8, 4) is 17.6 Å². The van der Waals surface area contributed by atoms with Gasteiger partial charge in [-0.3, -0.25) is 4.79 Å². The molecule has 1 aromatic carbocycles. The summed E-state index contributed by atoms with van der Waals surface area (Å²) in [5.41, 5.74) is 2.09. The number of aromatic nitrogens is 1. The number of thioether (sulfide) groups is 1. The SMILES string of the molecule is COc1ccc(NC(=O)CCSc2nc(CC(C)C)ccc2C#N)c(OC)c1. The first-order valence-corrected chi connectivity index (χ1v) is 10.00. The summed E-state index contributed by atoms with van der Waals surface area (Å²) in [4.78, 5) is 16.9. The molecule has 0 atom stereocenters. The van der Waals surface area contributed by atoms with Crippen LogP contribution in [0.15, 0.2) is 35.4 Å². The van der Waals surface area contributed by atoms with Crippen LogP contribution in [0.3, 0.4) is 0 Å². The molecule has 0 aliphatic rings. The molecule has 1 heterocycles. The highest BCUT2D eigenvalue weighted by Gasteiger charge is 2.11. The summed E-state index contributed by atoms with van der Waals surface area (Å²) >= 11 is 1.42. The Bertz CT molecular complexity index is 862. The zero-order chi connectivity index (χ0) is 20.5. The number of rotatable bonds is 9. The van der Waals surface area contributed by atoms with Gasteiger partial charge in [0.1, 0.15) is 22.6 Å². The number of carbonyl (C=O) groups excluding carboxylic acids is 1. The van der Waals surface area contributed by atoms with E-state index in [1.54, 1.807) is 38.5 Å². The van der Waals surface area contributed by atoms with Gasteiger partial charge in [-0.25, -0.2) is 4.98 Å². The molecule has 1 aromatic heterocycles. The number of ether oxygens (including phenoxy) is 2. The Morgan fingerprint density at radius 2 is 2.04 bits per heavy atom. The van der Waals surface area contributed by atoms with Gasteiger partial charge in [-0.05, 0) is 36.6 Å². The van der Waals surface area contributed by atoms with E-state index in [1.165, 1.54) is 11.8 Å². The lowest BCUT2D eigenvalue weighted by molar-refractivity contribution is -0.115. The van der Waals surface area contributed by atoms with Crippen LogP contribution in [0.2, 0.25) is 0 Å². The number of benzene rings is 1. The van der Waals surface area contributed by atoms with E-state index >= 15 is 0 Å². The van der Waals surface area contributed by atoms with Gasteiger partial charge in [0.2, 0.25) is 5.91 Å². The zero-order valence-electron chi connectivity index (χ0n) is 16.6. The lowest BCUT2D eigenvalue weighted by atomic mass is 10.1. The third-order valence-corrected chi connectivity index (χ3v) is 4.90. The van der Waals surface area contributed by atoms with Crippen molar-refractivity contribution in [3.05, 3.63) is 41.6 Å². The maximum absolute atomic E-state index is 12.3. The van der Waals surface area contributed by atoms with Crippen LogP contribution in [0.4, 0.5) is 5.69 Å². The minimum atomic E-state index is -0.132. The molecule has 1 N–H and O–H groups in total. The Morgan fingerprint density at radius 1 is 1.25 bits per heavy atom. The molecule has 6 nitrogen and oxygen atoms in total. The fourth-order valence-corrected chi connectivity index (χ4v) is 3.49. The predicted molar refractivity (Wildman–Crippen MR) is 111 cm³/mol. The highest BCUT2D eigenvalue weighted by atomic mass is 32.2. The maximum Gasteiger partial charge on any atom is 0.225 e. The quantitative estimate of drug-likeness (QED) is 0.633. The fourth-order valence-electron chi connectivity index (χ4n) is 2.56. The second kappa shape index (κ2) is 10.6. The van der Waals surface area contributed by atoms with Crippen molar-refractivity contribution in [2.45, 2.75) is 31.7 Å². The second-order valence-corrected chi connectivity index (χ2v) is 7.66. The predicted octanol–water partition coefficient (Wildman–Crippen LogP) is 4.29. The van der Waals surface area contributed by atoms with E-state index in [0.29, 0.717) is 45.9 Å². The van der Waals surface area contributed by atoms with Gasteiger partial charge in [-0.2, -0.15) is 5.26 Å². The minimum Gasteiger partial charge on any atom is -0.497 e. The first-order valence-electron chi connectivity index (χ1n) is 9.01. The number of pyridine rings is 1. The number of hydrogen-bond donors (Lipinski definition) is 1. The van der Waals surface area contributed by atoms with Crippen LogP contribution in [0.1, 0.15) is 31.5 Å². The molecule has 0 aliphatic heterocycles. The molecule has 1 amide bonds. The Labute approximate surface area is 170 Å². The number of nitriles is 1. The molecule has 0 saturated carbocycles. The monoisotopic (exact) mass is 399 g/mol. The van der Waals surface area contributed by atoms with Crippen molar-refractivity contribution in [3.63, 3.8) is 0 Å². The zero-order valence-corrected chi connectivity index (χ0v) is 17.4. The topological polar surface area (TPSA) is 84.2 Å². The van der Waals surface area contributed by atoms with E-state index in [1.807, 2.05) is 6.07 Å². The third kappa shape index (κ3) is 6.17. The van der Waals surface area contributed by atoms with Crippen LogP contribution >= 0.6 is 11.8 Å². The molecular weight excluding hydrogens is 374 g/mol. The van der Waals surface area contributed by atoms with Gasteiger partial charge in [-0.15, -0.1) is 11.8 Å². The molecule has 0 bridgehead atoms. The molecule has 148 valence electrons. The lowest BCUT2D eigenvalue weighted by Crippen LogP contribution is -2.13. The van der Waals surface area contributed by atoms with Crippen molar-refractivity contribution in [1.82, 2.24) is 4.98 Å². The van der Waals surface area contributed by atoms with Gasteiger partial charge in [0.15, 0.2) is 0 Å². The number of nitrogens with zero attached hydrogens (tertiary/aromatic N) is 2. The fraction of sp³-hybridized carbons (Fsp3) is 0.381. The highest BCUT2D eigenvalue weighted by molar-refractivity contribution is 7.99. The summed E-state index contributed by atoms with van der Waals surface area (Å²) in [6, 6.07) is 11.1. The Hall–Kier alpha value is -2.72. The number of methoxy groups -OCH3 is 2. The minimum absolute atomic E-state index is 0.132. The molecule has 2 aromatic rings. The van der Waals surface area contributed by atoms with E-state index < -0.39 is 0 Å². The molecule has 0 unspecified atom stereocenters. The van der Waals surface area contributed by atoms with Gasteiger partial charge < -0.3 is 14.8 Å². The molecular formula is C21H25N3O3S. The molecule has 2 rings (SSSR count). The van der Waals surface area contributed by atoms with E-state index in [4.69, 9.17) is 9.47 Å². The van der Waals surface area contributed by atoms with Crippen molar-refractivity contribution in [2.24, 2.45) is 5.92 Å². The van der Waals surface area contributed by atoms with Crippen LogP contribution in [0, 0.1) is 17.2 Å². The molecule has 7 heteroatoms. The summed E-state index contributed by atoms with van der Waals surface area (Å²) in [5.74, 6) is 2.07. The number of amides is 1. The van der Waals surface area contributed by atoms with Crippen molar-refractivity contribution in [1.29, 1.82) is 5.26 Å². The van der Waals surface area contributed by atoms with Crippen LogP contribution < -0.4 is 14.8 Å². The molecule has 0 spiro atoms. The number of hydrogen-bond acceptors (Lipinski definition) is 6. The average Bonchev–Trinajstić information content (AvgIpc) is 2.68. The van der Waals surface area contributed by atoms with Gasteiger partial charge in [0.05, 0.1) is 25.5 Å². The third-order valence-electron chi connectivity index (χ3n) is 3.91. The summed E-state index contributed by atoms with van der Waals surface area (Å²) < 4.78 is 10.4. The summed E-state index contributed by atoms with van der Waals surface area (Å²) in [5, 5.41) is 12.8. The number of carbonyl (C=O) groups is 1. The summed E-state index contributed by atoms with van der Waals surface area (Å²) in [7, 11) is 3.11. The smallest absolute Gasteiger partial charge is 0.225 e. The van der Waals surface area contributed by atoms with E-state index in [0.717, 1.165) is 12.1 Å². The van der Waals surface area contributed by atoms with E-state index in [-0.39, 0.29) is 5.91 Å². The van der Waals surface area contributed by atoms with Gasteiger partial charge in [-0.1, -0.05) is 13.8 Å². The lowest BCUT2D eigenvalue weighted by Gasteiger charge is -2.12. The van der Waals surface area contributed by atoms with Crippen molar-refractivity contribution < 1.29 is 14.3 Å². The van der Waals surface area contributed by atoms with Crippen LogP contribution in [0.5, 0.6) is 11.5 Å². The summed E-state index contributed by atoms with van der Waals surface area (Å²) in [6.45, 7) is 4.26. The van der Waals surface area contributed by atoms with Crippen LogP contribution in [0.25, 0.3) is 0 Å². The van der Waals surface area contributed by atoms with Gasteiger partial charge in [0, 0.05) is 23.9 Å². The summed E-state index contributed by atoms with van der Waals surface area (Å²) in [6.07, 6.45) is 1.15.